The largest absolute Gasteiger partial charge is 0.481 e. The smallest absolute Gasteiger partial charge is 0.309 e. The van der Waals surface area contributed by atoms with Gasteiger partial charge in [-0.1, -0.05) is 6.07 Å². The van der Waals surface area contributed by atoms with Crippen LogP contribution >= 0.6 is 0 Å². The van der Waals surface area contributed by atoms with Crippen molar-refractivity contribution in [3.63, 3.8) is 0 Å². The van der Waals surface area contributed by atoms with Crippen LogP contribution in [0.15, 0.2) is 18.2 Å². The molecule has 2 aliphatic rings. The van der Waals surface area contributed by atoms with Gasteiger partial charge in [-0.05, 0) is 43.4 Å². The highest BCUT2D eigenvalue weighted by molar-refractivity contribution is 5.77. The Hall–Kier alpha value is -1.71. The Morgan fingerprint density at radius 2 is 2.06 bits per heavy atom. The van der Waals surface area contributed by atoms with E-state index in [-0.39, 0.29) is 6.79 Å². The lowest BCUT2D eigenvalue weighted by atomic mass is 9.97. The van der Waals surface area contributed by atoms with Gasteiger partial charge in [-0.2, -0.15) is 0 Å². The van der Waals surface area contributed by atoms with Crippen LogP contribution in [0.4, 0.5) is 0 Å². The molecular formula is C13H14O4. The third-order valence-electron chi connectivity index (χ3n) is 3.64. The molecule has 1 aromatic rings. The molecule has 0 spiro atoms. The Balaban J connectivity index is 1.68. The highest BCUT2D eigenvalue weighted by Crippen LogP contribution is 2.49. The van der Waals surface area contributed by atoms with Gasteiger partial charge in [0.2, 0.25) is 6.79 Å². The summed E-state index contributed by atoms with van der Waals surface area (Å²) < 4.78 is 10.5. The molecule has 4 nitrogen and oxygen atoms in total. The number of hydrogen-bond acceptors (Lipinski definition) is 3. The van der Waals surface area contributed by atoms with Crippen molar-refractivity contribution in [1.29, 1.82) is 0 Å². The highest BCUT2D eigenvalue weighted by Gasteiger charge is 2.49. The van der Waals surface area contributed by atoms with Crippen molar-refractivity contribution in [3.8, 4) is 11.5 Å². The Kier molecular flexibility index (Phi) is 2.24. The van der Waals surface area contributed by atoms with E-state index in [9.17, 15) is 4.79 Å². The number of carboxylic acids is 1. The van der Waals surface area contributed by atoms with Gasteiger partial charge >= 0.3 is 5.97 Å². The summed E-state index contributed by atoms with van der Waals surface area (Å²) in [5.41, 5.74) is 0.665. The molecule has 0 amide bonds. The van der Waals surface area contributed by atoms with E-state index in [1.165, 1.54) is 0 Å². The van der Waals surface area contributed by atoms with E-state index >= 15 is 0 Å². The monoisotopic (exact) mass is 234 g/mol. The zero-order valence-electron chi connectivity index (χ0n) is 9.44. The fourth-order valence-electron chi connectivity index (χ4n) is 2.20. The SMILES string of the molecule is O=C(O)C1(CCc2ccc3c(c2)OCO3)CC1. The molecule has 1 aliphatic carbocycles. The summed E-state index contributed by atoms with van der Waals surface area (Å²) in [5, 5.41) is 9.09. The molecule has 0 aromatic heterocycles. The van der Waals surface area contributed by atoms with Gasteiger partial charge in [-0.3, -0.25) is 4.79 Å². The number of benzene rings is 1. The minimum absolute atomic E-state index is 0.276. The molecule has 1 fully saturated rings. The predicted molar refractivity (Wildman–Crippen MR) is 60.2 cm³/mol. The highest BCUT2D eigenvalue weighted by atomic mass is 16.7. The molecule has 0 bridgehead atoms. The molecule has 4 heteroatoms. The van der Waals surface area contributed by atoms with E-state index in [0.29, 0.717) is 6.42 Å². The van der Waals surface area contributed by atoms with Gasteiger partial charge in [0, 0.05) is 0 Å². The topological polar surface area (TPSA) is 55.8 Å². The third-order valence-corrected chi connectivity index (χ3v) is 3.64. The molecule has 90 valence electrons. The van der Waals surface area contributed by atoms with Crippen molar-refractivity contribution in [1.82, 2.24) is 0 Å². The number of carboxylic acid groups (broad SMARTS) is 1. The second-order valence-corrected chi connectivity index (χ2v) is 4.77. The van der Waals surface area contributed by atoms with Gasteiger partial charge in [-0.15, -0.1) is 0 Å². The summed E-state index contributed by atoms with van der Waals surface area (Å²) in [6, 6.07) is 5.81. The zero-order valence-corrected chi connectivity index (χ0v) is 9.44. The Morgan fingerprint density at radius 1 is 1.29 bits per heavy atom. The number of carbonyl (C=O) groups is 1. The van der Waals surface area contributed by atoms with Crippen LogP contribution in [0.2, 0.25) is 0 Å². The lowest BCUT2D eigenvalue weighted by Gasteiger charge is -2.09. The third kappa shape index (κ3) is 1.84. The predicted octanol–water partition coefficient (Wildman–Crippen LogP) is 2.21. The van der Waals surface area contributed by atoms with Crippen molar-refractivity contribution in [3.05, 3.63) is 23.8 Å². The number of hydrogen-bond donors (Lipinski definition) is 1. The summed E-state index contributed by atoms with van der Waals surface area (Å²) in [6.07, 6.45) is 3.12. The van der Waals surface area contributed by atoms with Crippen LogP contribution < -0.4 is 9.47 Å². The van der Waals surface area contributed by atoms with Crippen molar-refractivity contribution in [2.75, 3.05) is 6.79 Å². The van der Waals surface area contributed by atoms with E-state index < -0.39 is 11.4 Å². The number of ether oxygens (including phenoxy) is 2. The molecule has 1 heterocycles. The quantitative estimate of drug-likeness (QED) is 0.867. The summed E-state index contributed by atoms with van der Waals surface area (Å²) in [7, 11) is 0. The Morgan fingerprint density at radius 3 is 2.76 bits per heavy atom. The minimum atomic E-state index is -0.654. The van der Waals surface area contributed by atoms with Crippen molar-refractivity contribution in [2.24, 2.45) is 5.41 Å². The summed E-state index contributed by atoms with van der Waals surface area (Å²) >= 11 is 0. The van der Waals surface area contributed by atoms with E-state index in [0.717, 1.165) is 36.3 Å². The number of aryl methyl sites for hydroxylation is 1. The van der Waals surface area contributed by atoms with Crippen LogP contribution in [-0.4, -0.2) is 17.9 Å². The maximum atomic E-state index is 11.0. The molecular weight excluding hydrogens is 220 g/mol. The first-order valence-electron chi connectivity index (χ1n) is 5.82. The van der Waals surface area contributed by atoms with Crippen LogP contribution in [0, 0.1) is 5.41 Å². The van der Waals surface area contributed by atoms with Crippen LogP contribution in [0.3, 0.4) is 0 Å². The van der Waals surface area contributed by atoms with Crippen LogP contribution in [0.25, 0.3) is 0 Å². The maximum absolute atomic E-state index is 11.0. The summed E-state index contributed by atoms with van der Waals surface area (Å²) in [6.45, 7) is 0.276. The fourth-order valence-corrected chi connectivity index (χ4v) is 2.20. The molecule has 1 N–H and O–H groups in total. The zero-order chi connectivity index (χ0) is 11.9. The molecule has 1 aromatic carbocycles. The van der Waals surface area contributed by atoms with Crippen molar-refractivity contribution >= 4 is 5.97 Å². The first kappa shape index (κ1) is 10.4. The lowest BCUT2D eigenvalue weighted by molar-refractivity contribution is -0.143. The van der Waals surface area contributed by atoms with E-state index in [4.69, 9.17) is 14.6 Å². The standard InChI is InChI=1S/C13H14O4/c14-12(15)13(5-6-13)4-3-9-1-2-10-11(7-9)17-8-16-10/h1-2,7H,3-6,8H2,(H,14,15). The maximum Gasteiger partial charge on any atom is 0.309 e. The summed E-state index contributed by atoms with van der Waals surface area (Å²) in [4.78, 5) is 11.0. The van der Waals surface area contributed by atoms with Gasteiger partial charge in [0.25, 0.3) is 0 Å². The molecule has 1 saturated carbocycles. The van der Waals surface area contributed by atoms with Crippen molar-refractivity contribution in [2.45, 2.75) is 25.7 Å². The molecule has 0 atom stereocenters. The Bertz CT molecular complexity index is 462. The molecule has 0 radical (unpaired) electrons. The lowest BCUT2D eigenvalue weighted by Crippen LogP contribution is -2.15. The molecule has 1 aliphatic heterocycles. The molecule has 3 rings (SSSR count). The second kappa shape index (κ2) is 3.65. The summed E-state index contributed by atoms with van der Waals surface area (Å²) in [5.74, 6) is 0.883. The number of rotatable bonds is 4. The first-order valence-corrected chi connectivity index (χ1v) is 5.82. The second-order valence-electron chi connectivity index (χ2n) is 4.77. The van der Waals surface area contributed by atoms with E-state index in [2.05, 4.69) is 0 Å². The fraction of sp³-hybridized carbons (Fsp3) is 0.462. The van der Waals surface area contributed by atoms with Gasteiger partial charge in [0.15, 0.2) is 11.5 Å². The molecule has 0 saturated heterocycles. The van der Waals surface area contributed by atoms with E-state index in [1.807, 2.05) is 18.2 Å². The molecule has 17 heavy (non-hydrogen) atoms. The van der Waals surface area contributed by atoms with Crippen LogP contribution in [-0.2, 0) is 11.2 Å². The minimum Gasteiger partial charge on any atom is -0.481 e. The van der Waals surface area contributed by atoms with Gasteiger partial charge in [0.1, 0.15) is 0 Å². The Labute approximate surface area is 99.2 Å². The molecule has 0 unspecified atom stereocenters. The van der Waals surface area contributed by atoms with Crippen LogP contribution in [0.1, 0.15) is 24.8 Å². The van der Waals surface area contributed by atoms with Gasteiger partial charge in [0.05, 0.1) is 5.41 Å². The van der Waals surface area contributed by atoms with Crippen LogP contribution in [0.5, 0.6) is 11.5 Å². The van der Waals surface area contributed by atoms with Crippen molar-refractivity contribution < 1.29 is 19.4 Å². The number of aliphatic carboxylic acids is 1. The first-order chi connectivity index (χ1) is 8.20. The normalized spacial score (nSPS) is 19.1. The number of fused-ring (bicyclic) bond motifs is 1. The van der Waals surface area contributed by atoms with Gasteiger partial charge < -0.3 is 14.6 Å². The van der Waals surface area contributed by atoms with Gasteiger partial charge in [-0.25, -0.2) is 0 Å². The average Bonchev–Trinajstić information content (AvgIpc) is 2.98. The van der Waals surface area contributed by atoms with E-state index in [1.54, 1.807) is 0 Å². The average molecular weight is 234 g/mol.